The molecule has 2 aliphatic rings. The van der Waals surface area contributed by atoms with Crippen molar-refractivity contribution in [3.8, 4) is 5.75 Å². The van der Waals surface area contributed by atoms with Crippen molar-refractivity contribution in [2.45, 2.75) is 43.5 Å². The maximum atomic E-state index is 14.0. The van der Waals surface area contributed by atoms with Crippen molar-refractivity contribution in [3.05, 3.63) is 155 Å². The Kier molecular flexibility index (Phi) is 12.2. The van der Waals surface area contributed by atoms with E-state index in [0.29, 0.717) is 22.2 Å². The zero-order valence-corrected chi connectivity index (χ0v) is 33.6. The van der Waals surface area contributed by atoms with Crippen molar-refractivity contribution in [1.82, 2.24) is 19.6 Å². The molecule has 2 N–H and O–H groups in total. The van der Waals surface area contributed by atoms with Crippen molar-refractivity contribution >= 4 is 63.5 Å². The summed E-state index contributed by atoms with van der Waals surface area (Å²) in [6, 6.07) is 36.2. The van der Waals surface area contributed by atoms with Crippen molar-refractivity contribution in [1.29, 1.82) is 0 Å². The third-order valence-corrected chi connectivity index (χ3v) is 11.6. The summed E-state index contributed by atoms with van der Waals surface area (Å²) in [6.45, 7) is 3.53. The van der Waals surface area contributed by atoms with Crippen LogP contribution in [0.25, 0.3) is 0 Å². The zero-order valence-electron chi connectivity index (χ0n) is 31.3. The molecule has 0 saturated carbocycles. The van der Waals surface area contributed by atoms with Gasteiger partial charge in [0.05, 0.1) is 7.11 Å². The number of aromatic nitrogens is 2. The van der Waals surface area contributed by atoms with E-state index in [1.54, 1.807) is 45.2 Å². The summed E-state index contributed by atoms with van der Waals surface area (Å²) in [4.78, 5) is 52.9. The van der Waals surface area contributed by atoms with E-state index < -0.39 is 34.7 Å². The van der Waals surface area contributed by atoms with Gasteiger partial charge in [0.2, 0.25) is 16.7 Å². The molecule has 57 heavy (non-hydrogen) atoms. The molecule has 3 heterocycles. The molecule has 15 heteroatoms. The van der Waals surface area contributed by atoms with Gasteiger partial charge in [0.1, 0.15) is 41.1 Å². The number of rotatable bonds is 15. The Morgan fingerprint density at radius 3 is 2.07 bits per heavy atom. The van der Waals surface area contributed by atoms with E-state index in [1.807, 2.05) is 91.0 Å². The molecule has 2 amide bonds. The molecule has 7 rings (SSSR count). The van der Waals surface area contributed by atoms with E-state index in [-0.39, 0.29) is 35.8 Å². The minimum Gasteiger partial charge on any atom is -0.497 e. The number of thioether (sulfide) groups is 1. The van der Waals surface area contributed by atoms with Crippen LogP contribution in [0.15, 0.2) is 132 Å². The van der Waals surface area contributed by atoms with Gasteiger partial charge in [-0.05, 0) is 53.8 Å². The second-order valence-electron chi connectivity index (χ2n) is 13.4. The predicted molar refractivity (Wildman–Crippen MR) is 221 cm³/mol. The van der Waals surface area contributed by atoms with Crippen LogP contribution in [0.3, 0.4) is 0 Å². The maximum Gasteiger partial charge on any atom is 0.355 e. The van der Waals surface area contributed by atoms with Crippen molar-refractivity contribution < 1.29 is 28.7 Å². The highest BCUT2D eigenvalue weighted by Crippen LogP contribution is 2.42. The van der Waals surface area contributed by atoms with Crippen LogP contribution in [0.5, 0.6) is 5.75 Å². The fourth-order valence-electron chi connectivity index (χ4n) is 6.58. The van der Waals surface area contributed by atoms with Crippen LogP contribution in [0.4, 0.5) is 5.13 Å². The second-order valence-corrected chi connectivity index (χ2v) is 15.5. The Morgan fingerprint density at radius 1 is 0.930 bits per heavy atom. The number of carbonyl (C=O) groups excluding carboxylic acids is 3. The molecule has 2 aliphatic heterocycles. The molecule has 0 aliphatic carbocycles. The van der Waals surface area contributed by atoms with Crippen LogP contribution < -0.4 is 15.4 Å². The molecule has 1 aromatic heterocycles. The van der Waals surface area contributed by atoms with Gasteiger partial charge in [-0.15, -0.1) is 23.4 Å². The number of halogens is 1. The topological polar surface area (TPSA) is 144 Å². The number of hydrogen-bond acceptors (Lipinski definition) is 12. The first-order chi connectivity index (χ1) is 27.7. The van der Waals surface area contributed by atoms with E-state index in [0.717, 1.165) is 33.8 Å². The Labute approximate surface area is 343 Å². The summed E-state index contributed by atoms with van der Waals surface area (Å²) in [5, 5.41) is 10.5. The number of nitrogens with one attached hydrogen (secondary N) is 2. The fourth-order valence-corrected chi connectivity index (χ4v) is 8.88. The summed E-state index contributed by atoms with van der Waals surface area (Å²) in [5.74, 6) is -0.805. The first-order valence-corrected chi connectivity index (χ1v) is 20.5. The maximum absolute atomic E-state index is 14.0. The fraction of sp³-hybridized carbons (Fsp3) is 0.238. The Morgan fingerprint density at radius 2 is 1.53 bits per heavy atom. The quantitative estimate of drug-likeness (QED) is 0.0292. The van der Waals surface area contributed by atoms with E-state index in [4.69, 9.17) is 30.9 Å². The lowest BCUT2D eigenvalue weighted by Crippen LogP contribution is -2.71. The molecule has 12 nitrogen and oxygen atoms in total. The predicted octanol–water partition coefficient (Wildman–Crippen LogP) is 6.72. The smallest absolute Gasteiger partial charge is 0.355 e. The molecule has 0 spiro atoms. The van der Waals surface area contributed by atoms with E-state index in [1.165, 1.54) is 16.7 Å². The number of hydrogen-bond donors (Lipinski definition) is 2. The number of alkyl halides is 1. The third-order valence-electron chi connectivity index (χ3n) is 9.34. The van der Waals surface area contributed by atoms with E-state index in [9.17, 15) is 14.4 Å². The number of methoxy groups -OCH3 is 1. The van der Waals surface area contributed by atoms with Gasteiger partial charge >= 0.3 is 5.97 Å². The largest absolute Gasteiger partial charge is 0.497 e. The molecule has 0 radical (unpaired) electrons. The summed E-state index contributed by atoms with van der Waals surface area (Å²) in [7, 11) is 1.57. The van der Waals surface area contributed by atoms with Gasteiger partial charge in [-0.2, -0.15) is 9.36 Å². The average molecular weight is 823 g/mol. The van der Waals surface area contributed by atoms with Gasteiger partial charge in [-0.3, -0.25) is 14.5 Å². The number of benzene rings is 4. The minimum absolute atomic E-state index is 0.00998. The normalized spacial score (nSPS) is 16.8. The van der Waals surface area contributed by atoms with E-state index in [2.05, 4.69) is 20.2 Å². The standard InChI is InChI=1S/C42H39ClN6O6S2/c1-26(2)55-47-33(36-45-41(57-48-36)46-42(29-13-7-4-8-14-29,30-15-9-5-10-16-30)31-17-11-6-12-18-31)37(50)44-34-38(51)49-35(28(23-43)25-56-39(34)49)40(52)54-24-27-19-21-32(53-3)22-20-27/h4-22,26,34,39H,23-25H2,1-3H3,(H,44,50)(H,45,46,48)/b47-33-/t34-,39-/m1/s1. The average Bonchev–Trinajstić information content (AvgIpc) is 3.72. The van der Waals surface area contributed by atoms with Gasteiger partial charge in [0, 0.05) is 23.2 Å². The van der Waals surface area contributed by atoms with Crippen LogP contribution in [0, 0.1) is 0 Å². The van der Waals surface area contributed by atoms with Gasteiger partial charge < -0.3 is 24.9 Å². The van der Waals surface area contributed by atoms with Crippen LogP contribution in [0.2, 0.25) is 0 Å². The molecule has 2 atom stereocenters. The van der Waals surface area contributed by atoms with Crippen molar-refractivity contribution in [2.75, 3.05) is 24.1 Å². The van der Waals surface area contributed by atoms with Crippen molar-refractivity contribution in [3.63, 3.8) is 0 Å². The number of carbonyl (C=O) groups is 3. The molecule has 292 valence electrons. The van der Waals surface area contributed by atoms with E-state index >= 15 is 0 Å². The first-order valence-electron chi connectivity index (χ1n) is 18.1. The molecular formula is C42H39ClN6O6S2. The number of anilines is 1. The summed E-state index contributed by atoms with van der Waals surface area (Å²) >= 11 is 8.69. The highest BCUT2D eigenvalue weighted by Gasteiger charge is 2.54. The van der Waals surface area contributed by atoms with Crippen molar-refractivity contribution in [2.24, 2.45) is 5.16 Å². The SMILES string of the molecule is COc1ccc(COC(=O)C2=C(CCl)CS[C@@H]3[C@H](NC(=O)/C(=N\OC(C)C)c4nsc(NC(c5ccccc5)(c5ccccc5)c5ccccc5)n4)C(=O)N23)cc1. The van der Waals surface area contributed by atoms with Crippen LogP contribution in [0.1, 0.15) is 41.9 Å². The van der Waals surface area contributed by atoms with Gasteiger partial charge in [0.25, 0.3) is 11.8 Å². The highest BCUT2D eigenvalue weighted by molar-refractivity contribution is 8.00. The van der Waals surface area contributed by atoms with Gasteiger partial charge in [0.15, 0.2) is 0 Å². The Hall–Kier alpha value is -5.70. The zero-order chi connectivity index (χ0) is 39.9. The van der Waals surface area contributed by atoms with Gasteiger partial charge in [-0.1, -0.05) is 108 Å². The highest BCUT2D eigenvalue weighted by atomic mass is 35.5. The number of esters is 1. The number of amides is 2. The number of β-lactam (4-membered cyclic amide) rings is 1. The number of ether oxygens (including phenoxy) is 2. The molecule has 0 unspecified atom stereocenters. The molecular weight excluding hydrogens is 784 g/mol. The third kappa shape index (κ3) is 8.24. The second kappa shape index (κ2) is 17.6. The molecule has 4 aromatic carbocycles. The summed E-state index contributed by atoms with van der Waals surface area (Å²) in [6.07, 6.45) is -0.369. The van der Waals surface area contributed by atoms with Crippen LogP contribution >= 0.6 is 34.9 Å². The Balaban J connectivity index is 1.13. The first kappa shape index (κ1) is 39.5. The molecule has 0 bridgehead atoms. The Bertz CT molecular complexity index is 2180. The lowest BCUT2D eigenvalue weighted by molar-refractivity contribution is -0.153. The van der Waals surface area contributed by atoms with Crippen LogP contribution in [-0.4, -0.2) is 74.0 Å². The molecule has 1 saturated heterocycles. The summed E-state index contributed by atoms with van der Waals surface area (Å²) < 4.78 is 15.4. The lowest BCUT2D eigenvalue weighted by atomic mass is 9.77. The lowest BCUT2D eigenvalue weighted by Gasteiger charge is -2.49. The number of fused-ring (bicyclic) bond motifs is 1. The number of nitrogens with zero attached hydrogens (tertiary/aromatic N) is 4. The minimum atomic E-state index is -0.980. The monoisotopic (exact) mass is 822 g/mol. The van der Waals surface area contributed by atoms with Gasteiger partial charge in [-0.25, -0.2) is 4.79 Å². The number of oxime groups is 1. The van der Waals surface area contributed by atoms with Crippen LogP contribution in [-0.2, 0) is 36.1 Å². The summed E-state index contributed by atoms with van der Waals surface area (Å²) in [5.41, 5.74) is 3.18. The molecule has 5 aromatic rings. The molecule has 1 fully saturated rings.